The molecule has 2 heterocycles. The van der Waals surface area contributed by atoms with Crippen molar-refractivity contribution < 1.29 is 9.47 Å². The summed E-state index contributed by atoms with van der Waals surface area (Å²) in [6.45, 7) is 7.96. The summed E-state index contributed by atoms with van der Waals surface area (Å²) in [7, 11) is 0. The molecule has 1 aromatic carbocycles. The third-order valence-corrected chi connectivity index (χ3v) is 5.04. The van der Waals surface area contributed by atoms with Crippen LogP contribution in [0.2, 0.25) is 0 Å². The van der Waals surface area contributed by atoms with Gasteiger partial charge in [0, 0.05) is 26.2 Å². The zero-order chi connectivity index (χ0) is 18.7. The van der Waals surface area contributed by atoms with Gasteiger partial charge in [0.2, 0.25) is 0 Å². The molecular formula is C22H33N3O2. The van der Waals surface area contributed by atoms with Crippen LogP contribution in [0.1, 0.15) is 38.2 Å². The van der Waals surface area contributed by atoms with Crippen LogP contribution in [0.3, 0.4) is 0 Å². The summed E-state index contributed by atoms with van der Waals surface area (Å²) in [5.41, 5.74) is 2.82. The average Bonchev–Trinajstić information content (AvgIpc) is 3.22. The van der Waals surface area contributed by atoms with Gasteiger partial charge in [0.1, 0.15) is 0 Å². The molecule has 3 rings (SSSR count). The van der Waals surface area contributed by atoms with E-state index in [1.165, 1.54) is 11.1 Å². The third kappa shape index (κ3) is 6.67. The Morgan fingerprint density at radius 2 is 2.11 bits per heavy atom. The van der Waals surface area contributed by atoms with Crippen LogP contribution in [0.25, 0.3) is 6.08 Å². The smallest absolute Gasteiger partial charge is 0.194 e. The van der Waals surface area contributed by atoms with Crippen LogP contribution in [0.5, 0.6) is 0 Å². The molecule has 0 radical (unpaired) electrons. The van der Waals surface area contributed by atoms with E-state index in [2.05, 4.69) is 53.5 Å². The van der Waals surface area contributed by atoms with Crippen LogP contribution in [0.15, 0.2) is 40.9 Å². The van der Waals surface area contributed by atoms with Gasteiger partial charge in [-0.15, -0.1) is 0 Å². The average molecular weight is 372 g/mol. The van der Waals surface area contributed by atoms with Crippen LogP contribution in [-0.4, -0.2) is 63.0 Å². The molecule has 148 valence electrons. The number of guanidine groups is 1. The van der Waals surface area contributed by atoms with E-state index in [0.717, 1.165) is 57.9 Å². The van der Waals surface area contributed by atoms with Gasteiger partial charge < -0.3 is 19.7 Å². The second-order valence-electron chi connectivity index (χ2n) is 7.15. The molecule has 5 nitrogen and oxygen atoms in total. The summed E-state index contributed by atoms with van der Waals surface area (Å²) in [4.78, 5) is 7.12. The molecule has 2 aliphatic heterocycles. The van der Waals surface area contributed by atoms with Gasteiger partial charge in [0.05, 0.1) is 25.9 Å². The molecule has 1 aromatic rings. The molecular weight excluding hydrogens is 338 g/mol. The van der Waals surface area contributed by atoms with Crippen LogP contribution in [0, 0.1) is 0 Å². The van der Waals surface area contributed by atoms with Crippen molar-refractivity contribution in [1.29, 1.82) is 0 Å². The number of nitrogens with zero attached hydrogens (tertiary/aromatic N) is 2. The van der Waals surface area contributed by atoms with Gasteiger partial charge >= 0.3 is 0 Å². The molecule has 0 aliphatic carbocycles. The molecule has 1 N–H and O–H groups in total. The van der Waals surface area contributed by atoms with Crippen LogP contribution < -0.4 is 5.32 Å². The lowest BCUT2D eigenvalue weighted by Crippen LogP contribution is -2.44. The molecule has 0 bridgehead atoms. The van der Waals surface area contributed by atoms with Crippen molar-refractivity contribution in [3.8, 4) is 0 Å². The number of nitrogens with one attached hydrogen (secondary N) is 1. The highest BCUT2D eigenvalue weighted by Crippen LogP contribution is 2.19. The number of piperidine rings is 1. The van der Waals surface area contributed by atoms with Gasteiger partial charge in [-0.25, -0.2) is 0 Å². The van der Waals surface area contributed by atoms with Crippen molar-refractivity contribution in [3.63, 3.8) is 0 Å². The fourth-order valence-corrected chi connectivity index (χ4v) is 3.57. The minimum Gasteiger partial charge on any atom is -0.377 e. The first-order valence-electron chi connectivity index (χ1n) is 10.3. The number of hydrogen-bond acceptors (Lipinski definition) is 3. The molecule has 1 atom stereocenters. The number of rotatable bonds is 7. The van der Waals surface area contributed by atoms with E-state index in [9.17, 15) is 0 Å². The maximum atomic E-state index is 5.73. The Balaban J connectivity index is 1.43. The first kappa shape index (κ1) is 19.9. The van der Waals surface area contributed by atoms with E-state index >= 15 is 0 Å². The second kappa shape index (κ2) is 11.1. The summed E-state index contributed by atoms with van der Waals surface area (Å²) < 4.78 is 11.3. The molecule has 27 heavy (non-hydrogen) atoms. The van der Waals surface area contributed by atoms with Crippen molar-refractivity contribution in [2.45, 2.75) is 38.7 Å². The highest BCUT2D eigenvalue weighted by Gasteiger charge is 2.17. The van der Waals surface area contributed by atoms with Gasteiger partial charge in [0.15, 0.2) is 5.96 Å². The summed E-state index contributed by atoms with van der Waals surface area (Å²) in [5.74, 6) is 1.01. The van der Waals surface area contributed by atoms with E-state index in [4.69, 9.17) is 14.5 Å². The van der Waals surface area contributed by atoms with E-state index in [0.29, 0.717) is 25.9 Å². The standard InChI is InChI=1S/C22H33N3O2/c1-2-23-22(24-12-16-26-18-21-9-6-15-27-21)25-13-10-20(11-14-25)17-19-7-4-3-5-8-19/h3-5,7-8,17,21H,2,6,9-16,18H2,1H3,(H,23,24). The fourth-order valence-electron chi connectivity index (χ4n) is 3.57. The van der Waals surface area contributed by atoms with E-state index in [1.807, 2.05) is 0 Å². The zero-order valence-corrected chi connectivity index (χ0v) is 16.5. The summed E-state index contributed by atoms with van der Waals surface area (Å²) in [6.07, 6.45) is 7.09. The monoisotopic (exact) mass is 371 g/mol. The molecule has 1 unspecified atom stereocenters. The number of aliphatic imine (C=N–C) groups is 1. The first-order valence-corrected chi connectivity index (χ1v) is 10.3. The fraction of sp³-hybridized carbons (Fsp3) is 0.591. The summed E-state index contributed by atoms with van der Waals surface area (Å²) in [6, 6.07) is 10.6. The molecule has 2 saturated heterocycles. The quantitative estimate of drug-likeness (QED) is 0.454. The molecule has 2 aliphatic rings. The predicted octanol–water partition coefficient (Wildman–Crippen LogP) is 3.33. The molecule has 0 amide bonds. The topological polar surface area (TPSA) is 46.1 Å². The SMILES string of the molecule is CCNC(=NCCOCC1CCCO1)N1CCC(=Cc2ccccc2)CC1. The van der Waals surface area contributed by atoms with E-state index < -0.39 is 0 Å². The lowest BCUT2D eigenvalue weighted by molar-refractivity contribution is 0.0199. The van der Waals surface area contributed by atoms with Gasteiger partial charge in [0.25, 0.3) is 0 Å². The number of hydrogen-bond donors (Lipinski definition) is 1. The van der Waals surface area contributed by atoms with E-state index in [1.54, 1.807) is 0 Å². The van der Waals surface area contributed by atoms with Gasteiger partial charge in [-0.05, 0) is 38.2 Å². The lowest BCUT2D eigenvalue weighted by Gasteiger charge is -2.31. The number of likely N-dealkylation sites (tertiary alicyclic amines) is 1. The lowest BCUT2D eigenvalue weighted by atomic mass is 10.0. The molecule has 0 spiro atoms. The summed E-state index contributed by atoms with van der Waals surface area (Å²) in [5, 5.41) is 3.43. The Morgan fingerprint density at radius 3 is 2.81 bits per heavy atom. The Morgan fingerprint density at radius 1 is 1.30 bits per heavy atom. The van der Waals surface area contributed by atoms with Crippen molar-refractivity contribution in [2.75, 3.05) is 46.0 Å². The van der Waals surface area contributed by atoms with Crippen molar-refractivity contribution >= 4 is 12.0 Å². The van der Waals surface area contributed by atoms with Gasteiger partial charge in [-0.1, -0.05) is 42.0 Å². The molecule has 0 aromatic heterocycles. The highest BCUT2D eigenvalue weighted by molar-refractivity contribution is 5.80. The minimum absolute atomic E-state index is 0.291. The number of ether oxygens (including phenoxy) is 2. The third-order valence-electron chi connectivity index (χ3n) is 5.04. The normalized spacial score (nSPS) is 20.8. The number of benzene rings is 1. The molecule has 0 saturated carbocycles. The van der Waals surface area contributed by atoms with Crippen molar-refractivity contribution in [2.24, 2.45) is 4.99 Å². The Bertz CT molecular complexity index is 599. The Kier molecular flexibility index (Phi) is 8.18. The Hall–Kier alpha value is -1.85. The molecule has 2 fully saturated rings. The molecule has 5 heteroatoms. The summed E-state index contributed by atoms with van der Waals surface area (Å²) >= 11 is 0. The maximum absolute atomic E-state index is 5.73. The highest BCUT2D eigenvalue weighted by atomic mass is 16.5. The van der Waals surface area contributed by atoms with Gasteiger partial charge in [-0.3, -0.25) is 4.99 Å². The largest absolute Gasteiger partial charge is 0.377 e. The maximum Gasteiger partial charge on any atom is 0.194 e. The Labute approximate surface area is 163 Å². The van der Waals surface area contributed by atoms with Crippen LogP contribution in [-0.2, 0) is 9.47 Å². The van der Waals surface area contributed by atoms with Crippen LogP contribution in [0.4, 0.5) is 0 Å². The predicted molar refractivity (Wildman–Crippen MR) is 111 cm³/mol. The van der Waals surface area contributed by atoms with Crippen LogP contribution >= 0.6 is 0 Å². The van der Waals surface area contributed by atoms with Crippen molar-refractivity contribution in [3.05, 3.63) is 41.5 Å². The first-order chi connectivity index (χ1) is 13.3. The van der Waals surface area contributed by atoms with Gasteiger partial charge in [-0.2, -0.15) is 0 Å². The van der Waals surface area contributed by atoms with Crippen molar-refractivity contribution in [1.82, 2.24) is 10.2 Å². The zero-order valence-electron chi connectivity index (χ0n) is 16.5. The minimum atomic E-state index is 0.291. The van der Waals surface area contributed by atoms with E-state index in [-0.39, 0.29) is 0 Å². The second-order valence-corrected chi connectivity index (χ2v) is 7.15.